The molecule has 1 rings (SSSR count). The summed E-state index contributed by atoms with van der Waals surface area (Å²) >= 11 is 0. The second-order valence-electron chi connectivity index (χ2n) is 3.83. The van der Waals surface area contributed by atoms with Gasteiger partial charge >= 0.3 is 0 Å². The van der Waals surface area contributed by atoms with Crippen LogP contribution in [0.4, 0.5) is 10.1 Å². The molecule has 1 aromatic rings. The van der Waals surface area contributed by atoms with E-state index in [9.17, 15) is 14.0 Å². The highest BCUT2D eigenvalue weighted by atomic mass is 19.1. The van der Waals surface area contributed by atoms with E-state index in [0.29, 0.717) is 5.69 Å². The molecule has 0 aliphatic carbocycles. The van der Waals surface area contributed by atoms with E-state index in [0.717, 1.165) is 0 Å². The number of halogens is 1. The number of methoxy groups -OCH3 is 1. The summed E-state index contributed by atoms with van der Waals surface area (Å²) in [7, 11) is 1.42. The number of nitrogens with two attached hydrogens (primary N) is 1. The van der Waals surface area contributed by atoms with Crippen LogP contribution in [0.2, 0.25) is 0 Å². The minimum absolute atomic E-state index is 0.0748. The molecule has 2 amide bonds. The molecule has 1 aromatic carbocycles. The fourth-order valence-corrected chi connectivity index (χ4v) is 1.29. The normalized spacial score (nSPS) is 11.7. The zero-order valence-corrected chi connectivity index (χ0v) is 10.5. The minimum Gasteiger partial charge on any atom is -0.383 e. The summed E-state index contributed by atoms with van der Waals surface area (Å²) in [6, 6.07) is 4.48. The Balaban J connectivity index is 2.35. The highest BCUT2D eigenvalue weighted by molar-refractivity contribution is 5.95. The first-order chi connectivity index (χ1) is 9.02. The van der Waals surface area contributed by atoms with Gasteiger partial charge in [-0.2, -0.15) is 0 Å². The molecule has 0 radical (unpaired) electrons. The molecule has 0 spiro atoms. The zero-order valence-electron chi connectivity index (χ0n) is 10.5. The fourth-order valence-electron chi connectivity index (χ4n) is 1.29. The van der Waals surface area contributed by atoms with Gasteiger partial charge in [0.2, 0.25) is 11.8 Å². The molecule has 0 heterocycles. The summed E-state index contributed by atoms with van der Waals surface area (Å²) in [6.07, 6.45) is 0. The number of hydrogen-bond acceptors (Lipinski definition) is 4. The van der Waals surface area contributed by atoms with Crippen LogP contribution in [-0.4, -0.2) is 38.1 Å². The SMILES string of the molecule is COCC(N)C(=O)NCC(=O)Nc1ccc(F)cc1. The molecule has 104 valence electrons. The number of rotatable bonds is 6. The van der Waals surface area contributed by atoms with Gasteiger partial charge in [-0.25, -0.2) is 4.39 Å². The van der Waals surface area contributed by atoms with Gasteiger partial charge in [-0.05, 0) is 24.3 Å². The number of benzene rings is 1. The summed E-state index contributed by atoms with van der Waals surface area (Å²) < 4.78 is 17.4. The highest BCUT2D eigenvalue weighted by Gasteiger charge is 2.13. The topological polar surface area (TPSA) is 93.4 Å². The maximum atomic E-state index is 12.6. The van der Waals surface area contributed by atoms with E-state index in [4.69, 9.17) is 10.5 Å². The Bertz CT molecular complexity index is 436. The summed E-state index contributed by atoms with van der Waals surface area (Å²) in [5, 5.41) is 4.87. The second-order valence-corrected chi connectivity index (χ2v) is 3.83. The Morgan fingerprint density at radius 1 is 1.37 bits per heavy atom. The Labute approximate surface area is 110 Å². The third-order valence-electron chi connectivity index (χ3n) is 2.23. The van der Waals surface area contributed by atoms with E-state index in [2.05, 4.69) is 10.6 Å². The first-order valence-corrected chi connectivity index (χ1v) is 5.60. The van der Waals surface area contributed by atoms with Crippen LogP contribution in [-0.2, 0) is 14.3 Å². The van der Waals surface area contributed by atoms with Crippen molar-refractivity contribution in [2.75, 3.05) is 25.6 Å². The second kappa shape index (κ2) is 7.45. The highest BCUT2D eigenvalue weighted by Crippen LogP contribution is 2.07. The van der Waals surface area contributed by atoms with Crippen LogP contribution in [0.15, 0.2) is 24.3 Å². The monoisotopic (exact) mass is 269 g/mol. The molecule has 0 aliphatic rings. The summed E-state index contributed by atoms with van der Waals surface area (Å²) in [6.45, 7) is -0.140. The van der Waals surface area contributed by atoms with Gasteiger partial charge in [-0.1, -0.05) is 0 Å². The van der Waals surface area contributed by atoms with Crippen molar-refractivity contribution in [3.05, 3.63) is 30.1 Å². The Morgan fingerprint density at radius 3 is 2.58 bits per heavy atom. The van der Waals surface area contributed by atoms with Gasteiger partial charge < -0.3 is 21.1 Å². The molecule has 6 nitrogen and oxygen atoms in total. The lowest BCUT2D eigenvalue weighted by atomic mass is 10.3. The van der Waals surface area contributed by atoms with E-state index in [-0.39, 0.29) is 13.2 Å². The number of carbonyl (C=O) groups is 2. The van der Waals surface area contributed by atoms with Gasteiger partial charge in [0, 0.05) is 12.8 Å². The molecule has 0 saturated heterocycles. The molecule has 19 heavy (non-hydrogen) atoms. The molecule has 4 N–H and O–H groups in total. The van der Waals surface area contributed by atoms with Crippen molar-refractivity contribution in [3.8, 4) is 0 Å². The summed E-state index contributed by atoms with van der Waals surface area (Å²) in [4.78, 5) is 22.9. The standard InChI is InChI=1S/C12H16FN3O3/c1-19-7-10(14)12(18)15-6-11(17)16-9-4-2-8(13)3-5-9/h2-5,10H,6-7,14H2,1H3,(H,15,18)(H,16,17). The molecule has 0 aromatic heterocycles. The van der Waals surface area contributed by atoms with Crippen molar-refractivity contribution < 1.29 is 18.7 Å². The smallest absolute Gasteiger partial charge is 0.243 e. The quantitative estimate of drug-likeness (QED) is 0.669. The maximum Gasteiger partial charge on any atom is 0.243 e. The maximum absolute atomic E-state index is 12.6. The molecule has 0 aliphatic heterocycles. The first-order valence-electron chi connectivity index (χ1n) is 5.60. The third-order valence-corrected chi connectivity index (χ3v) is 2.23. The van der Waals surface area contributed by atoms with Crippen molar-refractivity contribution in [2.45, 2.75) is 6.04 Å². The van der Waals surface area contributed by atoms with Crippen molar-refractivity contribution in [1.29, 1.82) is 0 Å². The number of hydrogen-bond donors (Lipinski definition) is 3. The third kappa shape index (κ3) is 5.45. The molecule has 0 fully saturated rings. The van der Waals surface area contributed by atoms with Crippen LogP contribution in [0.1, 0.15) is 0 Å². The van der Waals surface area contributed by atoms with Crippen LogP contribution in [0, 0.1) is 5.82 Å². The Kier molecular flexibility index (Phi) is 5.91. The number of nitrogens with one attached hydrogen (secondary N) is 2. The lowest BCUT2D eigenvalue weighted by Crippen LogP contribution is -2.45. The number of carbonyl (C=O) groups excluding carboxylic acids is 2. The fraction of sp³-hybridized carbons (Fsp3) is 0.333. The average molecular weight is 269 g/mol. The Morgan fingerprint density at radius 2 is 2.00 bits per heavy atom. The number of ether oxygens (including phenoxy) is 1. The van der Waals surface area contributed by atoms with Crippen LogP contribution in [0.3, 0.4) is 0 Å². The number of anilines is 1. The van der Waals surface area contributed by atoms with Gasteiger partial charge in [0.25, 0.3) is 0 Å². The zero-order chi connectivity index (χ0) is 14.3. The van der Waals surface area contributed by atoms with E-state index in [1.807, 2.05) is 0 Å². The lowest BCUT2D eigenvalue weighted by Gasteiger charge is -2.11. The molecule has 1 atom stereocenters. The van der Waals surface area contributed by atoms with Gasteiger partial charge in [0.05, 0.1) is 13.2 Å². The van der Waals surface area contributed by atoms with Gasteiger partial charge in [-0.3, -0.25) is 9.59 Å². The van der Waals surface area contributed by atoms with E-state index in [1.165, 1.54) is 31.4 Å². The molecule has 0 bridgehead atoms. The van der Waals surface area contributed by atoms with Crippen molar-refractivity contribution in [2.24, 2.45) is 5.73 Å². The van der Waals surface area contributed by atoms with Crippen LogP contribution in [0.25, 0.3) is 0 Å². The average Bonchev–Trinajstić information content (AvgIpc) is 2.39. The lowest BCUT2D eigenvalue weighted by molar-refractivity contribution is -0.126. The largest absolute Gasteiger partial charge is 0.383 e. The molecule has 1 unspecified atom stereocenters. The predicted octanol–water partition coefficient (Wildman–Crippen LogP) is -0.146. The number of amides is 2. The van der Waals surface area contributed by atoms with E-state index in [1.54, 1.807) is 0 Å². The summed E-state index contributed by atoms with van der Waals surface area (Å²) in [5.74, 6) is -1.29. The van der Waals surface area contributed by atoms with Gasteiger partial charge in [0.15, 0.2) is 0 Å². The summed E-state index contributed by atoms with van der Waals surface area (Å²) in [5.41, 5.74) is 5.92. The molecule has 7 heteroatoms. The van der Waals surface area contributed by atoms with Crippen LogP contribution in [0.5, 0.6) is 0 Å². The molecular formula is C12H16FN3O3. The van der Waals surface area contributed by atoms with E-state index < -0.39 is 23.7 Å². The minimum atomic E-state index is -0.816. The van der Waals surface area contributed by atoms with Gasteiger partial charge in [0.1, 0.15) is 11.9 Å². The van der Waals surface area contributed by atoms with Crippen LogP contribution >= 0.6 is 0 Å². The Hall–Kier alpha value is -1.99. The van der Waals surface area contributed by atoms with Gasteiger partial charge in [-0.15, -0.1) is 0 Å². The molecular weight excluding hydrogens is 253 g/mol. The van der Waals surface area contributed by atoms with E-state index >= 15 is 0 Å². The predicted molar refractivity (Wildman–Crippen MR) is 67.9 cm³/mol. The van der Waals surface area contributed by atoms with Crippen molar-refractivity contribution in [3.63, 3.8) is 0 Å². The molecule has 0 saturated carbocycles. The first kappa shape index (κ1) is 15.1. The van der Waals surface area contributed by atoms with Crippen molar-refractivity contribution >= 4 is 17.5 Å². The van der Waals surface area contributed by atoms with Crippen LogP contribution < -0.4 is 16.4 Å². The van der Waals surface area contributed by atoms with Crippen molar-refractivity contribution in [1.82, 2.24) is 5.32 Å².